The highest BCUT2D eigenvalue weighted by atomic mass is 35.5. The first-order valence-electron chi connectivity index (χ1n) is 6.89. The molecule has 0 atom stereocenters. The topological polar surface area (TPSA) is 39.9 Å². The van der Waals surface area contributed by atoms with Crippen molar-refractivity contribution in [2.24, 2.45) is 0 Å². The fourth-order valence-corrected chi connectivity index (χ4v) is 2.37. The van der Waals surface area contributed by atoms with Gasteiger partial charge in [0.2, 0.25) is 5.82 Å². The number of imidazole rings is 1. The summed E-state index contributed by atoms with van der Waals surface area (Å²) in [6, 6.07) is 9.75. The summed E-state index contributed by atoms with van der Waals surface area (Å²) in [6.45, 7) is -0.154. The molecule has 0 unspecified atom stereocenters. The number of rotatable bonds is 5. The third-order valence-corrected chi connectivity index (χ3v) is 3.96. The van der Waals surface area contributed by atoms with Gasteiger partial charge >= 0.3 is 12.3 Å². The molecule has 0 aliphatic carbocycles. The van der Waals surface area contributed by atoms with E-state index in [1.54, 1.807) is 30.3 Å². The largest absolute Gasteiger partial charge is 0.407 e. The molecular formula is C15H9Cl2F4N3O. The minimum absolute atomic E-state index is 0.0504. The first kappa shape index (κ1) is 17.8. The summed E-state index contributed by atoms with van der Waals surface area (Å²) in [5, 5.41) is -0.237. The van der Waals surface area contributed by atoms with Gasteiger partial charge < -0.3 is 4.84 Å². The molecule has 1 aromatic carbocycles. The minimum atomic E-state index is -4.55. The zero-order chi connectivity index (χ0) is 18.2. The summed E-state index contributed by atoms with van der Waals surface area (Å²) >= 11 is 11.6. The monoisotopic (exact) mass is 393 g/mol. The molecule has 0 spiro atoms. The Kier molecular flexibility index (Phi) is 4.75. The number of alkyl halides is 4. The van der Waals surface area contributed by atoms with Crippen molar-refractivity contribution in [1.82, 2.24) is 14.7 Å². The van der Waals surface area contributed by atoms with Crippen LogP contribution in [0.5, 0.6) is 0 Å². The molecule has 0 aliphatic heterocycles. The van der Waals surface area contributed by atoms with Gasteiger partial charge in [-0.1, -0.05) is 53.5 Å². The fraction of sp³-hybridized carbons (Fsp3) is 0.200. The number of nitrogens with zero attached hydrogens (tertiary/aromatic N) is 3. The van der Waals surface area contributed by atoms with E-state index in [-0.39, 0.29) is 27.9 Å². The number of benzene rings is 1. The summed E-state index contributed by atoms with van der Waals surface area (Å²) in [5.74, 6) is -5.82. The van der Waals surface area contributed by atoms with E-state index in [9.17, 15) is 17.6 Å². The van der Waals surface area contributed by atoms with Gasteiger partial charge in [-0.3, -0.25) is 0 Å². The van der Waals surface area contributed by atoms with Crippen LogP contribution in [-0.2, 0) is 12.5 Å². The molecule has 0 amide bonds. The Bertz CT molecular complexity index is 903. The van der Waals surface area contributed by atoms with E-state index in [4.69, 9.17) is 28.0 Å². The molecule has 0 bridgehead atoms. The van der Waals surface area contributed by atoms with E-state index >= 15 is 0 Å². The molecule has 2 aromatic heterocycles. The summed E-state index contributed by atoms with van der Waals surface area (Å²) in [5.41, 5.74) is 0.266. The van der Waals surface area contributed by atoms with Gasteiger partial charge in [-0.2, -0.15) is 13.5 Å². The molecule has 3 aromatic rings. The second kappa shape index (κ2) is 6.68. The third kappa shape index (κ3) is 3.36. The SMILES string of the molecule is FC(F)C(F)(F)c1nc2nc(Cl)c(Cl)cc2n1OCc1ccccc1. The van der Waals surface area contributed by atoms with Crippen LogP contribution >= 0.6 is 23.2 Å². The lowest BCUT2D eigenvalue weighted by atomic mass is 10.2. The zero-order valence-electron chi connectivity index (χ0n) is 12.3. The van der Waals surface area contributed by atoms with Crippen LogP contribution in [-0.4, -0.2) is 21.1 Å². The zero-order valence-corrected chi connectivity index (χ0v) is 13.8. The number of hydrogen-bond acceptors (Lipinski definition) is 3. The molecule has 2 heterocycles. The Labute approximate surface area is 148 Å². The maximum atomic E-state index is 13.9. The van der Waals surface area contributed by atoms with Crippen molar-refractivity contribution >= 4 is 34.4 Å². The predicted molar refractivity (Wildman–Crippen MR) is 84.2 cm³/mol. The first-order chi connectivity index (χ1) is 11.8. The molecule has 25 heavy (non-hydrogen) atoms. The smallest absolute Gasteiger partial charge is 0.367 e. The van der Waals surface area contributed by atoms with Crippen molar-refractivity contribution in [3.8, 4) is 0 Å². The molecule has 0 fully saturated rings. The van der Waals surface area contributed by atoms with E-state index in [2.05, 4.69) is 9.97 Å². The Morgan fingerprint density at radius 1 is 1.12 bits per heavy atom. The highest BCUT2D eigenvalue weighted by Gasteiger charge is 2.48. The van der Waals surface area contributed by atoms with Crippen molar-refractivity contribution in [1.29, 1.82) is 0 Å². The molecule has 3 rings (SSSR count). The normalized spacial score (nSPS) is 12.1. The van der Waals surface area contributed by atoms with Crippen molar-refractivity contribution in [3.05, 3.63) is 58.0 Å². The third-order valence-electron chi connectivity index (χ3n) is 3.29. The average Bonchev–Trinajstić information content (AvgIpc) is 2.92. The van der Waals surface area contributed by atoms with Gasteiger partial charge in [0.1, 0.15) is 17.3 Å². The summed E-state index contributed by atoms with van der Waals surface area (Å²) < 4.78 is 53.9. The molecule has 0 radical (unpaired) electrons. The van der Waals surface area contributed by atoms with Gasteiger partial charge in [-0.05, 0) is 11.6 Å². The van der Waals surface area contributed by atoms with Crippen LogP contribution in [0.25, 0.3) is 11.2 Å². The molecule has 132 valence electrons. The Morgan fingerprint density at radius 3 is 2.44 bits per heavy atom. The molecule has 0 saturated heterocycles. The molecular weight excluding hydrogens is 385 g/mol. The Balaban J connectivity index is 2.10. The first-order valence-corrected chi connectivity index (χ1v) is 7.64. The molecule has 4 nitrogen and oxygen atoms in total. The maximum Gasteiger partial charge on any atom is 0.367 e. The number of fused-ring (bicyclic) bond motifs is 1. The van der Waals surface area contributed by atoms with Crippen molar-refractivity contribution < 1.29 is 22.4 Å². The van der Waals surface area contributed by atoms with Crippen molar-refractivity contribution in [3.63, 3.8) is 0 Å². The lowest BCUT2D eigenvalue weighted by Crippen LogP contribution is -2.30. The second-order valence-corrected chi connectivity index (χ2v) is 5.78. The van der Waals surface area contributed by atoms with Gasteiger partial charge in [-0.15, -0.1) is 0 Å². The standard InChI is InChI=1S/C15H9Cl2F4N3O/c16-9-6-10-12(22-11(9)17)23-14(15(20,21)13(18)19)24(10)25-7-8-4-2-1-3-5-8/h1-6,13H,7H2. The highest BCUT2D eigenvalue weighted by molar-refractivity contribution is 6.41. The van der Waals surface area contributed by atoms with Crippen LogP contribution in [0.4, 0.5) is 17.6 Å². The second-order valence-electron chi connectivity index (χ2n) is 5.02. The lowest BCUT2D eigenvalue weighted by Gasteiger charge is -2.17. The van der Waals surface area contributed by atoms with Crippen LogP contribution in [0, 0.1) is 0 Å². The van der Waals surface area contributed by atoms with E-state index in [1.165, 1.54) is 6.07 Å². The van der Waals surface area contributed by atoms with Crippen LogP contribution in [0.1, 0.15) is 11.4 Å². The molecule has 0 N–H and O–H groups in total. The van der Waals surface area contributed by atoms with E-state index in [1.807, 2.05) is 0 Å². The van der Waals surface area contributed by atoms with Crippen LogP contribution in [0.2, 0.25) is 10.2 Å². The summed E-state index contributed by atoms with van der Waals surface area (Å²) in [4.78, 5) is 12.5. The molecule has 0 aliphatic rings. The average molecular weight is 394 g/mol. The fourth-order valence-electron chi connectivity index (χ4n) is 2.09. The number of pyridine rings is 1. The Morgan fingerprint density at radius 2 is 1.80 bits per heavy atom. The van der Waals surface area contributed by atoms with Gasteiger partial charge in [0, 0.05) is 0 Å². The molecule has 0 saturated carbocycles. The van der Waals surface area contributed by atoms with Crippen LogP contribution < -0.4 is 4.84 Å². The Hall–Kier alpha value is -2.06. The summed E-state index contributed by atoms with van der Waals surface area (Å²) in [7, 11) is 0. The quantitative estimate of drug-likeness (QED) is 0.464. The maximum absolute atomic E-state index is 13.9. The summed E-state index contributed by atoms with van der Waals surface area (Å²) in [6.07, 6.45) is -3.98. The highest BCUT2D eigenvalue weighted by Crippen LogP contribution is 2.36. The van der Waals surface area contributed by atoms with Crippen LogP contribution in [0.15, 0.2) is 36.4 Å². The van der Waals surface area contributed by atoms with Crippen LogP contribution in [0.3, 0.4) is 0 Å². The van der Waals surface area contributed by atoms with E-state index < -0.39 is 18.2 Å². The van der Waals surface area contributed by atoms with Crippen molar-refractivity contribution in [2.75, 3.05) is 0 Å². The van der Waals surface area contributed by atoms with Gasteiger partial charge in [0.15, 0.2) is 5.65 Å². The predicted octanol–water partition coefficient (Wildman–Crippen LogP) is 4.72. The lowest BCUT2D eigenvalue weighted by molar-refractivity contribution is -0.149. The number of hydrogen-bond donors (Lipinski definition) is 0. The number of aromatic nitrogens is 3. The van der Waals surface area contributed by atoms with Gasteiger partial charge in [0.05, 0.1) is 5.02 Å². The van der Waals surface area contributed by atoms with Crippen molar-refractivity contribution in [2.45, 2.75) is 19.0 Å². The van der Waals surface area contributed by atoms with Gasteiger partial charge in [-0.25, -0.2) is 18.7 Å². The molecule has 10 heteroatoms. The van der Waals surface area contributed by atoms with E-state index in [0.717, 1.165) is 0 Å². The minimum Gasteiger partial charge on any atom is -0.407 e. The number of halogens is 6. The van der Waals surface area contributed by atoms with Gasteiger partial charge in [0.25, 0.3) is 0 Å². The van der Waals surface area contributed by atoms with E-state index in [0.29, 0.717) is 10.3 Å².